The van der Waals surface area contributed by atoms with E-state index in [1.165, 1.54) is 13.0 Å². The van der Waals surface area contributed by atoms with E-state index >= 15 is 0 Å². The Bertz CT molecular complexity index is 915. The van der Waals surface area contributed by atoms with E-state index in [2.05, 4.69) is 0 Å². The molecule has 1 heterocycles. The molecular weight excluding hydrogens is 285 g/mol. The smallest absolute Gasteiger partial charge is 0.399 e. The van der Waals surface area contributed by atoms with Crippen molar-refractivity contribution < 1.29 is 23.8 Å². The molecule has 0 aliphatic rings. The third-order valence-corrected chi connectivity index (χ3v) is 3.28. The Morgan fingerprint density at radius 2 is 1.91 bits per heavy atom. The Morgan fingerprint density at radius 1 is 1.23 bits per heavy atom. The highest BCUT2D eigenvalue weighted by Crippen LogP contribution is 2.43. The number of hydrogen-bond acceptors (Lipinski definition) is 5. The molecule has 0 bridgehead atoms. The lowest BCUT2D eigenvalue weighted by Crippen LogP contribution is -2.23. The van der Waals surface area contributed by atoms with Crippen LogP contribution in [-0.4, -0.2) is 25.0 Å². The maximum absolute atomic E-state index is 11.5. The van der Waals surface area contributed by atoms with Crippen LogP contribution in [-0.2, 0) is 0 Å². The molecule has 1 amide bonds. The molecule has 0 saturated heterocycles. The van der Waals surface area contributed by atoms with Gasteiger partial charge in [0, 0.05) is 17.7 Å². The van der Waals surface area contributed by atoms with Gasteiger partial charge in [-0.3, -0.25) is 4.79 Å². The molecule has 0 aliphatic carbocycles. The average Bonchev–Trinajstić information content (AvgIpc) is 2.97. The molecule has 2 aromatic carbocycles. The van der Waals surface area contributed by atoms with Crippen LogP contribution < -0.4 is 9.96 Å². The number of furan rings is 1. The van der Waals surface area contributed by atoms with Gasteiger partial charge in [-0.25, -0.2) is 4.79 Å². The van der Waals surface area contributed by atoms with E-state index in [0.29, 0.717) is 10.8 Å². The van der Waals surface area contributed by atoms with Crippen molar-refractivity contribution in [3.63, 3.8) is 0 Å². The monoisotopic (exact) mass is 295 g/mol. The van der Waals surface area contributed by atoms with Crippen LogP contribution >= 0.6 is 0 Å². The highest BCUT2D eigenvalue weighted by molar-refractivity contribution is 6.15. The van der Waals surface area contributed by atoms with Crippen molar-refractivity contribution in [2.45, 2.75) is 6.92 Å². The van der Waals surface area contributed by atoms with Gasteiger partial charge in [0.1, 0.15) is 5.75 Å². The molecule has 3 aromatic rings. The molecule has 2 N–H and O–H groups in total. The van der Waals surface area contributed by atoms with Crippen molar-refractivity contribution in [2.75, 3.05) is 0 Å². The summed E-state index contributed by atoms with van der Waals surface area (Å²) in [7, 11) is 5.03. The van der Waals surface area contributed by atoms with Crippen molar-refractivity contribution >= 4 is 41.6 Å². The largest absolute Gasteiger partial charge is 0.507 e. The highest BCUT2D eigenvalue weighted by atomic mass is 16.6. The van der Waals surface area contributed by atoms with Gasteiger partial charge in [-0.05, 0) is 6.07 Å². The number of carbonyl (C=O) groups excluding carboxylic acids is 2. The van der Waals surface area contributed by atoms with E-state index < -0.39 is 6.09 Å². The molecule has 1 aromatic heterocycles. The Kier molecular flexibility index (Phi) is 3.25. The molecule has 0 spiro atoms. The zero-order valence-electron chi connectivity index (χ0n) is 11.5. The normalized spacial score (nSPS) is 10.8. The number of nitrogens with one attached hydrogen (secondary N) is 1. The van der Waals surface area contributed by atoms with E-state index in [4.69, 9.17) is 17.1 Å². The number of phenols is 1. The maximum atomic E-state index is 11.5. The fourth-order valence-corrected chi connectivity index (χ4v) is 2.29. The third kappa shape index (κ3) is 2.07. The molecule has 0 fully saturated rings. The minimum absolute atomic E-state index is 0.0534. The summed E-state index contributed by atoms with van der Waals surface area (Å²) in [6, 6.07) is 8.18. The van der Waals surface area contributed by atoms with Gasteiger partial charge in [0.15, 0.2) is 22.9 Å². The lowest BCUT2D eigenvalue weighted by atomic mass is 10.1. The Labute approximate surface area is 126 Å². The summed E-state index contributed by atoms with van der Waals surface area (Å²) in [5, 5.41) is 13.4. The average molecular weight is 295 g/mol. The summed E-state index contributed by atoms with van der Waals surface area (Å²) >= 11 is 0. The molecule has 6 nitrogen and oxygen atoms in total. The summed E-state index contributed by atoms with van der Waals surface area (Å²) in [6.45, 7) is 1.33. The minimum Gasteiger partial charge on any atom is -0.507 e. The van der Waals surface area contributed by atoms with Crippen molar-refractivity contribution in [1.82, 2.24) is 5.23 Å². The van der Waals surface area contributed by atoms with E-state index in [1.807, 2.05) is 5.23 Å². The molecular formula is C15H10BNO5. The summed E-state index contributed by atoms with van der Waals surface area (Å²) < 4.78 is 10.6. The number of benzene rings is 2. The molecule has 3 rings (SSSR count). The van der Waals surface area contributed by atoms with Crippen molar-refractivity contribution in [2.24, 2.45) is 0 Å². The number of phenolic OH excluding ortho intramolecular Hbond substituents is 1. The van der Waals surface area contributed by atoms with Gasteiger partial charge in [-0.2, -0.15) is 0 Å². The molecule has 22 heavy (non-hydrogen) atoms. The van der Waals surface area contributed by atoms with Crippen LogP contribution in [0.4, 0.5) is 4.79 Å². The topological polar surface area (TPSA) is 88.8 Å². The molecule has 2 radical (unpaired) electrons. The number of carbonyl (C=O) groups is 2. The SMILES string of the molecule is [B]NC(=O)Oc1c2ccccc2c(O)c2cc(C(C)=O)oc12. The first kappa shape index (κ1) is 14.0. The van der Waals surface area contributed by atoms with Gasteiger partial charge >= 0.3 is 6.09 Å². The van der Waals surface area contributed by atoms with Gasteiger partial charge < -0.3 is 19.5 Å². The molecule has 0 unspecified atom stereocenters. The third-order valence-electron chi connectivity index (χ3n) is 3.28. The van der Waals surface area contributed by atoms with Crippen LogP contribution in [0.2, 0.25) is 0 Å². The van der Waals surface area contributed by atoms with E-state index in [1.54, 1.807) is 24.3 Å². The Hall–Kier alpha value is -2.96. The van der Waals surface area contributed by atoms with Crippen LogP contribution in [0, 0.1) is 0 Å². The number of ketones is 1. The lowest BCUT2D eigenvalue weighted by Gasteiger charge is -2.10. The fraction of sp³-hybridized carbons (Fsp3) is 0.0667. The second-order valence-electron chi connectivity index (χ2n) is 4.67. The van der Waals surface area contributed by atoms with Crippen molar-refractivity contribution in [3.8, 4) is 11.5 Å². The van der Waals surface area contributed by atoms with Gasteiger partial charge in [-0.15, -0.1) is 0 Å². The van der Waals surface area contributed by atoms with E-state index in [0.717, 1.165) is 0 Å². The Morgan fingerprint density at radius 3 is 2.55 bits per heavy atom. The van der Waals surface area contributed by atoms with E-state index in [-0.39, 0.29) is 34.0 Å². The predicted molar refractivity (Wildman–Crippen MR) is 80.3 cm³/mol. The minimum atomic E-state index is -0.891. The number of hydrogen-bond donors (Lipinski definition) is 2. The molecule has 0 saturated carbocycles. The zero-order chi connectivity index (χ0) is 15.9. The molecule has 7 heteroatoms. The van der Waals surface area contributed by atoms with Crippen LogP contribution in [0.25, 0.3) is 21.7 Å². The second-order valence-corrected chi connectivity index (χ2v) is 4.67. The van der Waals surface area contributed by atoms with Crippen LogP contribution in [0.5, 0.6) is 11.5 Å². The fourth-order valence-electron chi connectivity index (χ4n) is 2.29. The number of rotatable bonds is 2. The predicted octanol–water partition coefficient (Wildman–Crippen LogP) is 2.67. The number of ether oxygens (including phenoxy) is 1. The molecule has 0 aliphatic heterocycles. The van der Waals surface area contributed by atoms with Crippen LogP contribution in [0.15, 0.2) is 34.7 Å². The Balaban J connectivity index is 2.42. The second kappa shape index (κ2) is 5.11. The quantitative estimate of drug-likeness (QED) is 0.560. The van der Waals surface area contributed by atoms with Crippen LogP contribution in [0.1, 0.15) is 17.5 Å². The summed E-state index contributed by atoms with van der Waals surface area (Å²) in [6.07, 6.45) is -0.891. The van der Waals surface area contributed by atoms with Gasteiger partial charge in [-0.1, -0.05) is 24.3 Å². The number of amides is 1. The molecule has 108 valence electrons. The summed E-state index contributed by atoms with van der Waals surface area (Å²) in [5.41, 5.74) is 0.102. The van der Waals surface area contributed by atoms with Crippen LogP contribution in [0.3, 0.4) is 0 Å². The van der Waals surface area contributed by atoms with E-state index in [9.17, 15) is 14.7 Å². The lowest BCUT2D eigenvalue weighted by molar-refractivity contribution is 0.0989. The van der Waals surface area contributed by atoms with Gasteiger partial charge in [0.25, 0.3) is 0 Å². The number of fused-ring (bicyclic) bond motifs is 2. The standard InChI is InChI=1S/C15H10BNO5/c1-7(18)11-6-10-12(19)8-4-2-3-5-9(8)13(14(10)21-11)22-15(20)17-16/h2-6,19H,1H3,(H,17,20). The number of aromatic hydroxyl groups is 1. The maximum Gasteiger partial charge on any atom is 0.399 e. The van der Waals surface area contributed by atoms with Gasteiger partial charge in [0.2, 0.25) is 7.98 Å². The highest BCUT2D eigenvalue weighted by Gasteiger charge is 2.21. The first-order chi connectivity index (χ1) is 10.5. The molecule has 0 atom stereocenters. The van der Waals surface area contributed by atoms with Gasteiger partial charge in [0.05, 0.1) is 5.39 Å². The zero-order valence-corrected chi connectivity index (χ0v) is 11.5. The number of Topliss-reactive ketones (excluding diaryl/α,β-unsaturated/α-hetero) is 1. The summed E-state index contributed by atoms with van der Waals surface area (Å²) in [5.74, 6) is -0.228. The summed E-state index contributed by atoms with van der Waals surface area (Å²) in [4.78, 5) is 23.0. The first-order valence-electron chi connectivity index (χ1n) is 6.39. The van der Waals surface area contributed by atoms with Crippen molar-refractivity contribution in [3.05, 3.63) is 36.1 Å². The first-order valence-corrected chi connectivity index (χ1v) is 6.39. The van der Waals surface area contributed by atoms with Crippen molar-refractivity contribution in [1.29, 1.82) is 0 Å².